The Labute approximate surface area is 180 Å². The third-order valence-electron chi connectivity index (χ3n) is 4.72. The number of nitrogens with zero attached hydrogens (tertiary/aromatic N) is 2. The van der Waals surface area contributed by atoms with Crippen molar-refractivity contribution in [2.75, 3.05) is 12.4 Å². The summed E-state index contributed by atoms with van der Waals surface area (Å²) in [7, 11) is 1.47. The van der Waals surface area contributed by atoms with Crippen molar-refractivity contribution in [3.8, 4) is 5.69 Å². The smallest absolute Gasteiger partial charge is 0.355 e. The molecule has 0 bridgehead atoms. The third kappa shape index (κ3) is 4.69. The first-order valence-corrected chi connectivity index (χ1v) is 9.44. The molecule has 1 heterocycles. The molecule has 0 unspecified atom stereocenters. The highest BCUT2D eigenvalue weighted by Crippen LogP contribution is 2.30. The zero-order valence-electron chi connectivity index (χ0n) is 17.4. The maximum atomic E-state index is 13.1. The second-order valence-electron chi connectivity index (χ2n) is 7.02. The minimum atomic E-state index is -4.56. The van der Waals surface area contributed by atoms with Crippen molar-refractivity contribution in [1.29, 1.82) is 0 Å². The Kier molecular flexibility index (Phi) is 6.15. The number of carbonyl (C=O) groups excluding carboxylic acids is 2. The molecule has 0 spiro atoms. The number of halogens is 3. The molecule has 0 aliphatic rings. The fourth-order valence-electron chi connectivity index (χ4n) is 3.00. The molecule has 2 amide bonds. The van der Waals surface area contributed by atoms with Gasteiger partial charge in [-0.3, -0.25) is 14.4 Å². The zero-order valence-corrected chi connectivity index (χ0v) is 17.4. The van der Waals surface area contributed by atoms with Gasteiger partial charge in [0.05, 0.1) is 11.3 Å². The second-order valence-corrected chi connectivity index (χ2v) is 7.02. The lowest BCUT2D eigenvalue weighted by molar-refractivity contribution is -0.137. The first kappa shape index (κ1) is 22.7. The van der Waals surface area contributed by atoms with Crippen molar-refractivity contribution in [1.82, 2.24) is 15.1 Å². The summed E-state index contributed by atoms with van der Waals surface area (Å²) in [5.41, 5.74) is -0.553. The molecule has 32 heavy (non-hydrogen) atoms. The van der Waals surface area contributed by atoms with Crippen LogP contribution in [0.2, 0.25) is 0 Å². The Balaban J connectivity index is 2.01. The van der Waals surface area contributed by atoms with E-state index in [4.69, 9.17) is 0 Å². The molecule has 0 saturated heterocycles. The Morgan fingerprint density at radius 2 is 1.72 bits per heavy atom. The zero-order chi connectivity index (χ0) is 23.6. The fourth-order valence-corrected chi connectivity index (χ4v) is 3.00. The average Bonchev–Trinajstić information content (AvgIpc) is 2.74. The number of benzene rings is 2. The van der Waals surface area contributed by atoms with Crippen LogP contribution in [-0.4, -0.2) is 28.6 Å². The molecule has 0 atom stereocenters. The molecule has 0 aliphatic carbocycles. The van der Waals surface area contributed by atoms with Gasteiger partial charge in [0.25, 0.3) is 11.8 Å². The predicted molar refractivity (Wildman–Crippen MR) is 112 cm³/mol. The van der Waals surface area contributed by atoms with Crippen LogP contribution in [0, 0.1) is 13.8 Å². The van der Waals surface area contributed by atoms with E-state index in [9.17, 15) is 27.6 Å². The summed E-state index contributed by atoms with van der Waals surface area (Å²) in [6.45, 7) is 3.19. The summed E-state index contributed by atoms with van der Waals surface area (Å²) in [5, 5.41) is 9.03. The van der Waals surface area contributed by atoms with E-state index in [0.29, 0.717) is 16.8 Å². The van der Waals surface area contributed by atoms with Crippen LogP contribution in [0.4, 0.5) is 18.9 Å². The van der Waals surface area contributed by atoms with Crippen LogP contribution in [0.15, 0.2) is 53.3 Å². The number of rotatable bonds is 4. The van der Waals surface area contributed by atoms with Gasteiger partial charge in [-0.05, 0) is 49.7 Å². The quantitative estimate of drug-likeness (QED) is 0.645. The minimum absolute atomic E-state index is 0.0455. The van der Waals surface area contributed by atoms with Gasteiger partial charge >= 0.3 is 6.18 Å². The molecular formula is C22H19F3N4O3. The molecule has 3 rings (SSSR count). The van der Waals surface area contributed by atoms with Gasteiger partial charge < -0.3 is 10.6 Å². The maximum absolute atomic E-state index is 13.1. The van der Waals surface area contributed by atoms with Gasteiger partial charge in [-0.25, -0.2) is 4.68 Å². The summed E-state index contributed by atoms with van der Waals surface area (Å²) >= 11 is 0. The number of hydrogen-bond donors (Lipinski definition) is 2. The fraction of sp³-hybridized carbons (Fsp3) is 0.182. The van der Waals surface area contributed by atoms with Crippen LogP contribution in [0.3, 0.4) is 0 Å². The highest BCUT2D eigenvalue weighted by atomic mass is 19.4. The highest BCUT2D eigenvalue weighted by Gasteiger charge is 2.30. The van der Waals surface area contributed by atoms with E-state index in [1.165, 1.54) is 32.2 Å². The van der Waals surface area contributed by atoms with Crippen molar-refractivity contribution in [3.05, 3.63) is 86.8 Å². The second kappa shape index (κ2) is 8.66. The van der Waals surface area contributed by atoms with Crippen molar-refractivity contribution in [2.45, 2.75) is 20.0 Å². The molecule has 0 aliphatic heterocycles. The molecule has 0 radical (unpaired) electrons. The Morgan fingerprint density at radius 3 is 2.38 bits per heavy atom. The molecule has 0 fully saturated rings. The summed E-state index contributed by atoms with van der Waals surface area (Å²) in [5.74, 6) is -1.21. The van der Waals surface area contributed by atoms with E-state index in [0.717, 1.165) is 22.9 Å². The van der Waals surface area contributed by atoms with E-state index in [1.807, 2.05) is 0 Å². The van der Waals surface area contributed by atoms with Crippen LogP contribution in [0.5, 0.6) is 0 Å². The highest BCUT2D eigenvalue weighted by molar-refractivity contribution is 6.04. The molecule has 1 aromatic heterocycles. The normalized spacial score (nSPS) is 11.2. The van der Waals surface area contributed by atoms with Crippen molar-refractivity contribution in [2.24, 2.45) is 0 Å². The summed E-state index contributed by atoms with van der Waals surface area (Å²) in [6.07, 6.45) is -4.56. The SMILES string of the molecule is CNC(=O)c1ccc(C)c(NC(=O)c2nn(-c3cccc(C(F)(F)F)c3)c(C)cc2=O)c1. The van der Waals surface area contributed by atoms with Gasteiger partial charge in [-0.1, -0.05) is 12.1 Å². The number of aromatic nitrogens is 2. The number of hydrogen-bond acceptors (Lipinski definition) is 4. The van der Waals surface area contributed by atoms with E-state index in [1.54, 1.807) is 19.1 Å². The van der Waals surface area contributed by atoms with Gasteiger partial charge in [0.2, 0.25) is 5.43 Å². The largest absolute Gasteiger partial charge is 0.416 e. The molecule has 3 aromatic rings. The maximum Gasteiger partial charge on any atom is 0.416 e. The number of nitrogens with one attached hydrogen (secondary N) is 2. The van der Waals surface area contributed by atoms with Gasteiger partial charge in [-0.15, -0.1) is 0 Å². The number of amides is 2. The number of aryl methyl sites for hydroxylation is 2. The third-order valence-corrected chi connectivity index (χ3v) is 4.72. The molecule has 2 aromatic carbocycles. The predicted octanol–water partition coefficient (Wildman–Crippen LogP) is 3.48. The number of alkyl halides is 3. The molecule has 2 N–H and O–H groups in total. The van der Waals surface area contributed by atoms with Gasteiger partial charge in [-0.2, -0.15) is 18.3 Å². The van der Waals surface area contributed by atoms with E-state index < -0.39 is 28.8 Å². The summed E-state index contributed by atoms with van der Waals surface area (Å²) in [6, 6.07) is 10.2. The lowest BCUT2D eigenvalue weighted by atomic mass is 10.1. The monoisotopic (exact) mass is 444 g/mol. The van der Waals surface area contributed by atoms with E-state index in [-0.39, 0.29) is 17.3 Å². The lowest BCUT2D eigenvalue weighted by Gasteiger charge is -2.14. The minimum Gasteiger partial charge on any atom is -0.355 e. The van der Waals surface area contributed by atoms with E-state index >= 15 is 0 Å². The Bertz CT molecular complexity index is 1270. The molecular weight excluding hydrogens is 425 g/mol. The molecule has 7 nitrogen and oxygen atoms in total. The summed E-state index contributed by atoms with van der Waals surface area (Å²) in [4.78, 5) is 37.1. The number of anilines is 1. The molecule has 0 saturated carbocycles. The van der Waals surface area contributed by atoms with Crippen LogP contribution in [0.1, 0.15) is 37.7 Å². The van der Waals surface area contributed by atoms with Gasteiger partial charge in [0.1, 0.15) is 0 Å². The van der Waals surface area contributed by atoms with Crippen molar-refractivity contribution in [3.63, 3.8) is 0 Å². The standard InChI is InChI=1S/C22H19F3N4O3/c1-12-7-8-14(20(31)26-3)10-17(12)27-21(32)19-18(30)9-13(2)29(28-19)16-6-4-5-15(11-16)22(23,24)25/h4-11H,1-3H3,(H,26,31)(H,27,32). The number of carbonyl (C=O) groups is 2. The first-order chi connectivity index (χ1) is 15.0. The van der Waals surface area contributed by atoms with Gasteiger partial charge in [0, 0.05) is 30.1 Å². The van der Waals surface area contributed by atoms with Crippen LogP contribution < -0.4 is 16.1 Å². The lowest BCUT2D eigenvalue weighted by Crippen LogP contribution is -2.27. The van der Waals surface area contributed by atoms with E-state index in [2.05, 4.69) is 15.7 Å². The Hall–Kier alpha value is -3.95. The van der Waals surface area contributed by atoms with Crippen molar-refractivity contribution >= 4 is 17.5 Å². The van der Waals surface area contributed by atoms with Crippen LogP contribution in [0.25, 0.3) is 5.69 Å². The van der Waals surface area contributed by atoms with Crippen molar-refractivity contribution < 1.29 is 22.8 Å². The van der Waals surface area contributed by atoms with Crippen LogP contribution in [-0.2, 0) is 6.18 Å². The first-order valence-electron chi connectivity index (χ1n) is 9.44. The summed E-state index contributed by atoms with van der Waals surface area (Å²) < 4.78 is 40.3. The molecule has 10 heteroatoms. The average molecular weight is 444 g/mol. The van der Waals surface area contributed by atoms with Crippen LogP contribution >= 0.6 is 0 Å². The van der Waals surface area contributed by atoms with Gasteiger partial charge in [0.15, 0.2) is 5.69 Å². The Morgan fingerprint density at radius 1 is 1.00 bits per heavy atom. The topological polar surface area (TPSA) is 93.1 Å². The molecule has 166 valence electrons.